The number of sulfone groups is 1. The van der Waals surface area contributed by atoms with E-state index in [2.05, 4.69) is 0 Å². The van der Waals surface area contributed by atoms with Gasteiger partial charge in [-0.05, 0) is 19.9 Å². The molecule has 0 heterocycles. The molecule has 0 radical (unpaired) electrons. The third kappa shape index (κ3) is 2.52. The van der Waals surface area contributed by atoms with Crippen molar-refractivity contribution in [2.24, 2.45) is 0 Å². The van der Waals surface area contributed by atoms with Crippen LogP contribution in [0.25, 0.3) is 0 Å². The van der Waals surface area contributed by atoms with Crippen molar-refractivity contribution in [1.29, 1.82) is 0 Å². The summed E-state index contributed by atoms with van der Waals surface area (Å²) in [6.07, 6.45) is -0.554. The van der Waals surface area contributed by atoms with E-state index in [9.17, 15) is 22.0 Å². The van der Waals surface area contributed by atoms with Crippen molar-refractivity contribution >= 4 is 16.1 Å². The summed E-state index contributed by atoms with van der Waals surface area (Å²) in [6, 6.07) is 4.65. The van der Waals surface area contributed by atoms with Crippen LogP contribution in [0.5, 0.6) is 0 Å². The van der Waals surface area contributed by atoms with Crippen LogP contribution in [-0.2, 0) is 20.6 Å². The molecule has 0 aliphatic rings. The molecule has 0 N–H and O–H groups in total. The van der Waals surface area contributed by atoms with Crippen LogP contribution in [0.4, 0.5) is 8.78 Å². The van der Waals surface area contributed by atoms with Crippen molar-refractivity contribution in [2.45, 2.75) is 29.9 Å². The maximum atomic E-state index is 13.3. The number of benzene rings is 1. The Balaban J connectivity index is 3.53. The molecule has 1 aromatic rings. The van der Waals surface area contributed by atoms with Gasteiger partial charge in [-0.25, -0.2) is 8.42 Å². The number of hydrogen-bond donors (Lipinski definition) is 0. The number of aldehydes is 1. The Morgan fingerprint density at radius 1 is 1.24 bits per heavy atom. The van der Waals surface area contributed by atoms with Crippen LogP contribution in [0.3, 0.4) is 0 Å². The standard InChI is InChI=1S/C11H12F2O3S/c1-8(2)17(15,16)10-6-4-3-5-9(10)11(12,13)7-14/h3-8H,1-2H3. The van der Waals surface area contributed by atoms with Crippen LogP contribution in [0.2, 0.25) is 0 Å². The van der Waals surface area contributed by atoms with E-state index < -0.39 is 37.8 Å². The normalized spacial score (nSPS) is 12.8. The number of carbonyl (C=O) groups is 1. The third-order valence-electron chi connectivity index (χ3n) is 2.32. The van der Waals surface area contributed by atoms with Crippen LogP contribution in [0.15, 0.2) is 29.2 Å². The molecule has 3 nitrogen and oxygen atoms in total. The number of carbonyl (C=O) groups excluding carboxylic acids is 1. The topological polar surface area (TPSA) is 51.2 Å². The average Bonchev–Trinajstić information content (AvgIpc) is 2.29. The molecule has 6 heteroatoms. The first-order chi connectivity index (χ1) is 7.73. The molecule has 1 aromatic carbocycles. The maximum Gasteiger partial charge on any atom is 0.328 e. The monoisotopic (exact) mass is 262 g/mol. The predicted octanol–water partition coefficient (Wildman–Crippen LogP) is 2.16. The molecule has 0 saturated heterocycles. The second-order valence-electron chi connectivity index (χ2n) is 3.83. The lowest BCUT2D eigenvalue weighted by Crippen LogP contribution is -2.22. The van der Waals surface area contributed by atoms with Crippen molar-refractivity contribution in [3.8, 4) is 0 Å². The van der Waals surface area contributed by atoms with E-state index in [0.29, 0.717) is 0 Å². The van der Waals surface area contributed by atoms with Gasteiger partial charge in [-0.15, -0.1) is 0 Å². The number of hydrogen-bond acceptors (Lipinski definition) is 3. The van der Waals surface area contributed by atoms with Crippen molar-refractivity contribution in [3.05, 3.63) is 29.8 Å². The fraction of sp³-hybridized carbons (Fsp3) is 0.364. The fourth-order valence-electron chi connectivity index (χ4n) is 1.31. The number of halogens is 2. The second-order valence-corrected chi connectivity index (χ2v) is 6.30. The molecule has 0 aliphatic carbocycles. The average molecular weight is 262 g/mol. The largest absolute Gasteiger partial charge is 0.328 e. The Bertz CT molecular complexity index is 521. The summed E-state index contributed by atoms with van der Waals surface area (Å²) in [7, 11) is -3.84. The summed E-state index contributed by atoms with van der Waals surface area (Å²) in [6.45, 7) is 2.79. The van der Waals surface area contributed by atoms with E-state index in [4.69, 9.17) is 0 Å². The van der Waals surface area contributed by atoms with Crippen LogP contribution in [0, 0.1) is 0 Å². The third-order valence-corrected chi connectivity index (χ3v) is 4.53. The first-order valence-electron chi connectivity index (χ1n) is 4.91. The summed E-state index contributed by atoms with van der Waals surface area (Å²) < 4.78 is 50.3. The maximum absolute atomic E-state index is 13.3. The second kappa shape index (κ2) is 4.52. The highest BCUT2D eigenvalue weighted by Gasteiger charge is 2.37. The van der Waals surface area contributed by atoms with Gasteiger partial charge in [0.05, 0.1) is 10.1 Å². The molecule has 0 aliphatic heterocycles. The Kier molecular flexibility index (Phi) is 3.66. The summed E-state index contributed by atoms with van der Waals surface area (Å²) in [4.78, 5) is 9.84. The lowest BCUT2D eigenvalue weighted by molar-refractivity contribution is -0.130. The van der Waals surface area contributed by atoms with Gasteiger partial charge in [-0.2, -0.15) is 8.78 Å². The van der Waals surface area contributed by atoms with Crippen LogP contribution >= 0.6 is 0 Å². The molecule has 0 unspecified atom stereocenters. The molecule has 0 fully saturated rings. The van der Waals surface area contributed by atoms with Gasteiger partial charge in [0.1, 0.15) is 0 Å². The highest BCUT2D eigenvalue weighted by molar-refractivity contribution is 7.92. The van der Waals surface area contributed by atoms with Gasteiger partial charge in [0.2, 0.25) is 0 Å². The van der Waals surface area contributed by atoms with Gasteiger partial charge in [0, 0.05) is 5.56 Å². The highest BCUT2D eigenvalue weighted by atomic mass is 32.2. The van der Waals surface area contributed by atoms with Crippen LogP contribution in [-0.4, -0.2) is 20.0 Å². The molecule has 0 saturated carbocycles. The highest BCUT2D eigenvalue weighted by Crippen LogP contribution is 2.32. The quantitative estimate of drug-likeness (QED) is 0.781. The van der Waals surface area contributed by atoms with Crippen molar-refractivity contribution in [1.82, 2.24) is 0 Å². The minimum Gasteiger partial charge on any atom is -0.296 e. The SMILES string of the molecule is CC(C)S(=O)(=O)c1ccccc1C(F)(F)C=O. The Morgan fingerprint density at radius 3 is 2.24 bits per heavy atom. The van der Waals surface area contributed by atoms with Gasteiger partial charge in [0.15, 0.2) is 16.1 Å². The molecule has 94 valence electrons. The van der Waals surface area contributed by atoms with E-state index in [1.807, 2.05) is 0 Å². The van der Waals surface area contributed by atoms with Crippen molar-refractivity contribution < 1.29 is 22.0 Å². The first kappa shape index (κ1) is 13.8. The Labute approximate surface area is 98.4 Å². The van der Waals surface area contributed by atoms with E-state index in [1.165, 1.54) is 26.0 Å². The molecular weight excluding hydrogens is 250 g/mol. The van der Waals surface area contributed by atoms with Gasteiger partial charge in [0.25, 0.3) is 0 Å². The van der Waals surface area contributed by atoms with Gasteiger partial charge in [-0.1, -0.05) is 18.2 Å². The van der Waals surface area contributed by atoms with Crippen molar-refractivity contribution in [2.75, 3.05) is 0 Å². The molecular formula is C11H12F2O3S. The zero-order valence-electron chi connectivity index (χ0n) is 9.35. The van der Waals surface area contributed by atoms with Gasteiger partial charge >= 0.3 is 5.92 Å². The van der Waals surface area contributed by atoms with E-state index in [0.717, 1.165) is 12.1 Å². The van der Waals surface area contributed by atoms with Gasteiger partial charge in [-0.3, -0.25) is 4.79 Å². The molecule has 0 aromatic heterocycles. The van der Waals surface area contributed by atoms with Crippen LogP contribution in [0.1, 0.15) is 19.4 Å². The Hall–Kier alpha value is -1.30. The van der Waals surface area contributed by atoms with Crippen LogP contribution < -0.4 is 0 Å². The summed E-state index contributed by atoms with van der Waals surface area (Å²) in [5, 5.41) is -0.828. The molecule has 1 rings (SSSR count). The predicted molar refractivity (Wildman–Crippen MR) is 58.7 cm³/mol. The fourth-order valence-corrected chi connectivity index (χ4v) is 2.59. The Morgan fingerprint density at radius 2 is 1.76 bits per heavy atom. The lowest BCUT2D eigenvalue weighted by atomic mass is 10.1. The minimum absolute atomic E-state index is 0.493. The summed E-state index contributed by atoms with van der Waals surface area (Å²) in [5.74, 6) is -3.79. The van der Waals surface area contributed by atoms with E-state index in [-0.39, 0.29) is 0 Å². The molecule has 0 bridgehead atoms. The molecule has 17 heavy (non-hydrogen) atoms. The van der Waals surface area contributed by atoms with E-state index in [1.54, 1.807) is 0 Å². The smallest absolute Gasteiger partial charge is 0.296 e. The lowest BCUT2D eigenvalue weighted by Gasteiger charge is -2.16. The first-order valence-corrected chi connectivity index (χ1v) is 6.45. The summed E-state index contributed by atoms with van der Waals surface area (Å²) >= 11 is 0. The molecule has 0 amide bonds. The number of alkyl halides is 2. The van der Waals surface area contributed by atoms with E-state index >= 15 is 0 Å². The zero-order valence-corrected chi connectivity index (χ0v) is 10.2. The molecule has 0 atom stereocenters. The zero-order chi connectivity index (χ0) is 13.3. The minimum atomic E-state index is -3.84. The van der Waals surface area contributed by atoms with Crippen molar-refractivity contribution in [3.63, 3.8) is 0 Å². The molecule has 0 spiro atoms. The van der Waals surface area contributed by atoms with Gasteiger partial charge < -0.3 is 0 Å². The summed E-state index contributed by atoms with van der Waals surface area (Å²) in [5.41, 5.74) is -0.774. The number of rotatable bonds is 4.